The third kappa shape index (κ3) is 4.31. The molecule has 0 fully saturated rings. The number of carbonyl (C=O) groups excluding carboxylic acids is 1. The summed E-state index contributed by atoms with van der Waals surface area (Å²) >= 11 is 0. The first-order chi connectivity index (χ1) is 11.7. The zero-order valence-electron chi connectivity index (χ0n) is 12.9. The highest BCUT2D eigenvalue weighted by molar-refractivity contribution is 5.79. The first-order valence-corrected chi connectivity index (χ1v) is 6.72. The van der Waals surface area contributed by atoms with Gasteiger partial charge >= 0.3 is 24.5 Å². The fourth-order valence-corrected chi connectivity index (χ4v) is 2.04. The summed E-state index contributed by atoms with van der Waals surface area (Å²) in [5.41, 5.74) is -5.90. The molecule has 0 aliphatic carbocycles. The first-order valence-electron chi connectivity index (χ1n) is 6.72. The topological polar surface area (TPSA) is 26.3 Å². The number of carbonyl (C=O) groups is 1. The summed E-state index contributed by atoms with van der Waals surface area (Å²) < 4.78 is 119. The van der Waals surface area contributed by atoms with E-state index in [4.69, 9.17) is 0 Å². The van der Waals surface area contributed by atoms with Gasteiger partial charge in [-0.3, -0.25) is 4.79 Å². The summed E-state index contributed by atoms with van der Waals surface area (Å²) in [4.78, 5) is 11.3. The summed E-state index contributed by atoms with van der Waals surface area (Å²) in [7, 11) is 0.383. The molecule has 0 heterocycles. The molecule has 0 atom stereocenters. The van der Waals surface area contributed by atoms with Crippen LogP contribution in [0, 0.1) is 5.41 Å². The fourth-order valence-electron chi connectivity index (χ4n) is 2.04. The summed E-state index contributed by atoms with van der Waals surface area (Å²) in [6.45, 7) is 0. The van der Waals surface area contributed by atoms with Crippen molar-refractivity contribution in [2.75, 3.05) is 7.11 Å². The second-order valence-electron chi connectivity index (χ2n) is 5.12. The molecule has 0 bridgehead atoms. The molecule has 1 aromatic carbocycles. The van der Waals surface area contributed by atoms with Gasteiger partial charge in [0, 0.05) is 0 Å². The highest BCUT2D eigenvalue weighted by atomic mass is 19.4. The second-order valence-corrected chi connectivity index (χ2v) is 5.12. The van der Waals surface area contributed by atoms with Crippen LogP contribution in [-0.4, -0.2) is 25.4 Å². The van der Waals surface area contributed by atoms with Gasteiger partial charge < -0.3 is 4.74 Å². The molecule has 0 N–H and O–H groups in total. The Balaban J connectivity index is 3.18. The molecule has 0 saturated heterocycles. The van der Waals surface area contributed by atoms with Gasteiger partial charge in [0.15, 0.2) is 0 Å². The van der Waals surface area contributed by atoms with Gasteiger partial charge in [-0.2, -0.15) is 39.5 Å². The van der Waals surface area contributed by atoms with Crippen molar-refractivity contribution in [1.82, 2.24) is 0 Å². The second kappa shape index (κ2) is 7.20. The Morgan fingerprint density at radius 1 is 0.923 bits per heavy atom. The Hall–Kier alpha value is -2.20. The molecular formula is C15H11F9O2. The van der Waals surface area contributed by atoms with Crippen LogP contribution in [0.3, 0.4) is 0 Å². The lowest BCUT2D eigenvalue weighted by Gasteiger charge is -2.33. The number of allylic oxidation sites excluding steroid dienone is 1. The van der Waals surface area contributed by atoms with Crippen LogP contribution in [0.2, 0.25) is 0 Å². The Labute approximate surface area is 141 Å². The number of rotatable bonds is 4. The van der Waals surface area contributed by atoms with Crippen molar-refractivity contribution < 1.29 is 49.0 Å². The van der Waals surface area contributed by atoms with Gasteiger partial charge in [0.2, 0.25) is 0 Å². The zero-order chi connectivity index (χ0) is 20.4. The molecule has 11 heteroatoms. The van der Waals surface area contributed by atoms with E-state index >= 15 is 0 Å². The average molecular weight is 394 g/mol. The van der Waals surface area contributed by atoms with Gasteiger partial charge in [0.1, 0.15) is 0 Å². The van der Waals surface area contributed by atoms with E-state index in [-0.39, 0.29) is 5.56 Å². The van der Waals surface area contributed by atoms with Crippen molar-refractivity contribution in [3.05, 3.63) is 41.5 Å². The number of hydrogen-bond donors (Lipinski definition) is 0. The maximum atomic E-state index is 13.0. The average Bonchev–Trinajstić information content (AvgIpc) is 2.48. The smallest absolute Gasteiger partial charge is 0.416 e. The number of alkyl halides is 9. The molecular weight excluding hydrogens is 383 g/mol. The third-order valence-electron chi connectivity index (χ3n) is 3.47. The predicted molar refractivity (Wildman–Crippen MR) is 71.7 cm³/mol. The van der Waals surface area contributed by atoms with Crippen LogP contribution in [0.4, 0.5) is 39.5 Å². The van der Waals surface area contributed by atoms with Gasteiger partial charge in [-0.05, 0) is 24.1 Å². The minimum absolute atomic E-state index is 0.0823. The number of methoxy groups -OCH3 is 1. The van der Waals surface area contributed by atoms with Crippen LogP contribution in [0.5, 0.6) is 0 Å². The van der Waals surface area contributed by atoms with E-state index in [0.717, 1.165) is 18.2 Å². The van der Waals surface area contributed by atoms with E-state index < -0.39 is 41.9 Å². The molecule has 0 spiro atoms. The highest BCUT2D eigenvalue weighted by Crippen LogP contribution is 2.53. The van der Waals surface area contributed by atoms with Gasteiger partial charge in [0.05, 0.1) is 12.7 Å². The lowest BCUT2D eigenvalue weighted by Crippen LogP contribution is -2.55. The summed E-state index contributed by atoms with van der Waals surface area (Å²) in [6, 6.07) is 2.95. The van der Waals surface area contributed by atoms with Crippen LogP contribution in [0.1, 0.15) is 17.5 Å². The first kappa shape index (κ1) is 21.8. The normalized spacial score (nSPS) is 13.9. The lowest BCUT2D eigenvalue weighted by molar-refractivity contribution is -0.330. The molecule has 0 aromatic heterocycles. The molecule has 0 aliphatic heterocycles. The van der Waals surface area contributed by atoms with Crippen molar-refractivity contribution in [2.24, 2.45) is 5.41 Å². The number of ether oxygens (including phenoxy) is 1. The van der Waals surface area contributed by atoms with Crippen LogP contribution >= 0.6 is 0 Å². The number of benzene rings is 1. The van der Waals surface area contributed by atoms with Gasteiger partial charge in [0.25, 0.3) is 5.41 Å². The number of halogens is 9. The molecule has 1 rings (SSSR count). The molecule has 0 radical (unpaired) electrons. The quantitative estimate of drug-likeness (QED) is 0.506. The number of hydrogen-bond acceptors (Lipinski definition) is 2. The van der Waals surface area contributed by atoms with Crippen molar-refractivity contribution >= 4 is 12.0 Å². The van der Waals surface area contributed by atoms with Gasteiger partial charge in [-0.15, -0.1) is 0 Å². The third-order valence-corrected chi connectivity index (χ3v) is 3.47. The minimum Gasteiger partial charge on any atom is -0.468 e. The molecule has 0 aliphatic rings. The van der Waals surface area contributed by atoms with Crippen molar-refractivity contribution in [2.45, 2.75) is 24.9 Å². The Kier molecular flexibility index (Phi) is 6.05. The summed E-state index contributed by atoms with van der Waals surface area (Å²) in [6.07, 6.45) is -17.3. The largest absolute Gasteiger partial charge is 0.468 e. The van der Waals surface area contributed by atoms with Crippen molar-refractivity contribution in [3.63, 3.8) is 0 Å². The van der Waals surface area contributed by atoms with Crippen LogP contribution < -0.4 is 0 Å². The summed E-state index contributed by atoms with van der Waals surface area (Å²) in [5, 5.41) is 0. The standard InChI is InChI=1S/C15H11F9O2/c1-26-11(25)12(14(19,20)21,15(22,23)24)8-2-3-9-4-6-10(7-5-9)13(16,17)18/h2-7H,8H2,1H3/b3-2-. The van der Waals surface area contributed by atoms with E-state index in [9.17, 15) is 44.3 Å². The Morgan fingerprint density at radius 2 is 1.38 bits per heavy atom. The van der Waals surface area contributed by atoms with Crippen LogP contribution in [-0.2, 0) is 15.7 Å². The lowest BCUT2D eigenvalue weighted by atomic mass is 9.82. The van der Waals surface area contributed by atoms with E-state index in [0.29, 0.717) is 25.3 Å². The monoisotopic (exact) mass is 394 g/mol. The minimum atomic E-state index is -6.00. The molecule has 2 nitrogen and oxygen atoms in total. The molecule has 26 heavy (non-hydrogen) atoms. The molecule has 0 amide bonds. The SMILES string of the molecule is COC(=O)C(C/C=C\c1ccc(C(F)(F)F)cc1)(C(F)(F)F)C(F)(F)F. The highest BCUT2D eigenvalue weighted by Gasteiger charge is 2.75. The maximum Gasteiger partial charge on any atom is 0.416 e. The van der Waals surface area contributed by atoms with E-state index in [1.54, 1.807) is 0 Å². The number of esters is 1. The van der Waals surface area contributed by atoms with Crippen LogP contribution in [0.15, 0.2) is 30.3 Å². The molecule has 1 aromatic rings. The van der Waals surface area contributed by atoms with Crippen molar-refractivity contribution in [3.8, 4) is 0 Å². The van der Waals surface area contributed by atoms with E-state index in [1.807, 2.05) is 0 Å². The van der Waals surface area contributed by atoms with Crippen molar-refractivity contribution in [1.29, 1.82) is 0 Å². The predicted octanol–water partition coefficient (Wildman–Crippen LogP) is 5.39. The summed E-state index contributed by atoms with van der Waals surface area (Å²) in [5.74, 6) is -2.53. The van der Waals surface area contributed by atoms with E-state index in [1.165, 1.54) is 0 Å². The van der Waals surface area contributed by atoms with Gasteiger partial charge in [-0.1, -0.05) is 24.3 Å². The van der Waals surface area contributed by atoms with E-state index in [2.05, 4.69) is 4.74 Å². The maximum absolute atomic E-state index is 13.0. The zero-order valence-corrected chi connectivity index (χ0v) is 12.9. The molecule has 0 saturated carbocycles. The fraction of sp³-hybridized carbons (Fsp3) is 0.400. The van der Waals surface area contributed by atoms with Crippen LogP contribution in [0.25, 0.3) is 6.08 Å². The Bertz CT molecular complexity index is 638. The Morgan fingerprint density at radius 3 is 1.73 bits per heavy atom. The molecule has 146 valence electrons. The van der Waals surface area contributed by atoms with Gasteiger partial charge in [-0.25, -0.2) is 0 Å². The molecule has 0 unspecified atom stereocenters.